The maximum absolute atomic E-state index is 5.85. The van der Waals surface area contributed by atoms with Crippen LogP contribution in [0.1, 0.15) is 36.5 Å². The zero-order valence-corrected chi connectivity index (χ0v) is 12.6. The molecule has 1 aromatic carbocycles. The van der Waals surface area contributed by atoms with Crippen LogP contribution in [-0.2, 0) is 4.74 Å². The zero-order chi connectivity index (χ0) is 13.6. The van der Waals surface area contributed by atoms with Crippen LogP contribution in [0.3, 0.4) is 0 Å². The Morgan fingerprint density at radius 1 is 1.20 bits per heavy atom. The van der Waals surface area contributed by atoms with Crippen LogP contribution in [0.25, 0.3) is 0 Å². The van der Waals surface area contributed by atoms with Crippen LogP contribution < -0.4 is 5.32 Å². The number of aliphatic imine (C=N–C) groups is 1. The van der Waals surface area contributed by atoms with Gasteiger partial charge in [-0.3, -0.25) is 4.99 Å². The normalized spacial score (nSPS) is 23.0. The quantitative estimate of drug-likeness (QED) is 0.844. The second kappa shape index (κ2) is 7.14. The van der Waals surface area contributed by atoms with E-state index in [4.69, 9.17) is 4.74 Å². The van der Waals surface area contributed by atoms with Crippen molar-refractivity contribution in [2.24, 2.45) is 4.99 Å². The maximum atomic E-state index is 5.85. The number of hydrogen-bond donors (Lipinski definition) is 1. The highest BCUT2D eigenvalue weighted by Gasteiger charge is 2.21. The number of nitrogens with one attached hydrogen (secondary N) is 1. The minimum absolute atomic E-state index is 0.467. The van der Waals surface area contributed by atoms with Gasteiger partial charge in [0.05, 0.1) is 24.5 Å². The molecule has 0 bridgehead atoms. The first-order valence-corrected chi connectivity index (χ1v) is 8.41. The molecule has 1 N–H and O–H groups in total. The van der Waals surface area contributed by atoms with E-state index in [1.54, 1.807) is 0 Å². The summed E-state index contributed by atoms with van der Waals surface area (Å²) >= 11 is 1.83. The third-order valence-electron chi connectivity index (χ3n) is 3.86. The SMILES string of the molecule is c1ccc(C2CN=C(NCCOC3CCCC3)S2)cc1. The second-order valence-corrected chi connectivity index (χ2v) is 6.56. The molecule has 1 atom stereocenters. The zero-order valence-electron chi connectivity index (χ0n) is 11.8. The Balaban J connectivity index is 1.35. The number of benzene rings is 1. The molecule has 0 saturated heterocycles. The molecule has 1 aromatic rings. The molecule has 4 heteroatoms. The highest BCUT2D eigenvalue weighted by molar-refractivity contribution is 8.14. The predicted molar refractivity (Wildman–Crippen MR) is 85.3 cm³/mol. The minimum atomic E-state index is 0.467. The molecule has 1 heterocycles. The molecule has 20 heavy (non-hydrogen) atoms. The summed E-state index contributed by atoms with van der Waals surface area (Å²) in [6, 6.07) is 10.6. The molecule has 108 valence electrons. The topological polar surface area (TPSA) is 33.6 Å². The Bertz CT molecular complexity index is 443. The summed E-state index contributed by atoms with van der Waals surface area (Å²) in [5.41, 5.74) is 1.36. The van der Waals surface area contributed by atoms with Crippen molar-refractivity contribution in [3.8, 4) is 0 Å². The van der Waals surface area contributed by atoms with Gasteiger partial charge in [-0.2, -0.15) is 0 Å². The van der Waals surface area contributed by atoms with Crippen molar-refractivity contribution in [2.75, 3.05) is 19.7 Å². The van der Waals surface area contributed by atoms with Crippen LogP contribution in [-0.4, -0.2) is 31.0 Å². The van der Waals surface area contributed by atoms with Crippen molar-refractivity contribution in [1.29, 1.82) is 0 Å². The molecule has 3 rings (SSSR count). The van der Waals surface area contributed by atoms with Gasteiger partial charge in [-0.25, -0.2) is 0 Å². The summed E-state index contributed by atoms with van der Waals surface area (Å²) in [6.45, 7) is 2.53. The third kappa shape index (κ3) is 3.76. The Labute approximate surface area is 125 Å². The van der Waals surface area contributed by atoms with Gasteiger partial charge in [0.1, 0.15) is 0 Å². The predicted octanol–water partition coefficient (Wildman–Crippen LogP) is 3.38. The van der Waals surface area contributed by atoms with Crippen LogP contribution in [0.15, 0.2) is 35.3 Å². The highest BCUT2D eigenvalue weighted by Crippen LogP contribution is 2.34. The Morgan fingerprint density at radius 2 is 2.00 bits per heavy atom. The van der Waals surface area contributed by atoms with Gasteiger partial charge in [0, 0.05) is 6.54 Å². The maximum Gasteiger partial charge on any atom is 0.157 e. The van der Waals surface area contributed by atoms with E-state index in [0.29, 0.717) is 11.4 Å². The molecule has 1 unspecified atom stereocenters. The van der Waals surface area contributed by atoms with Crippen LogP contribution >= 0.6 is 11.8 Å². The van der Waals surface area contributed by atoms with Gasteiger partial charge < -0.3 is 10.1 Å². The molecule has 0 radical (unpaired) electrons. The summed E-state index contributed by atoms with van der Waals surface area (Å²) in [6.07, 6.45) is 5.66. The number of ether oxygens (including phenoxy) is 1. The largest absolute Gasteiger partial charge is 0.376 e. The van der Waals surface area contributed by atoms with Crippen molar-refractivity contribution >= 4 is 16.9 Å². The first-order chi connectivity index (χ1) is 9.92. The van der Waals surface area contributed by atoms with Gasteiger partial charge in [-0.15, -0.1) is 0 Å². The molecule has 3 nitrogen and oxygen atoms in total. The standard InChI is InChI=1S/C16H22N2OS/c1-2-6-13(7-3-1)15-12-18-16(20-15)17-10-11-19-14-8-4-5-9-14/h1-3,6-7,14-15H,4-5,8-12H2,(H,17,18). The molecule has 1 aliphatic carbocycles. The van der Waals surface area contributed by atoms with E-state index in [1.165, 1.54) is 31.2 Å². The van der Waals surface area contributed by atoms with Crippen LogP contribution in [0.4, 0.5) is 0 Å². The summed E-state index contributed by atoms with van der Waals surface area (Å²) in [7, 11) is 0. The lowest BCUT2D eigenvalue weighted by molar-refractivity contribution is 0.0624. The average Bonchev–Trinajstić information content (AvgIpc) is 3.16. The van der Waals surface area contributed by atoms with Gasteiger partial charge in [-0.05, 0) is 18.4 Å². The van der Waals surface area contributed by atoms with E-state index >= 15 is 0 Å². The first kappa shape index (κ1) is 14.0. The molecule has 1 saturated carbocycles. The fourth-order valence-corrected chi connectivity index (χ4v) is 3.80. The van der Waals surface area contributed by atoms with Crippen LogP contribution in [0, 0.1) is 0 Å². The Kier molecular flexibility index (Phi) is 4.98. The number of rotatable bonds is 5. The lowest BCUT2D eigenvalue weighted by Crippen LogP contribution is -2.25. The minimum Gasteiger partial charge on any atom is -0.376 e. The molecule has 1 aliphatic heterocycles. The number of nitrogens with zero attached hydrogens (tertiary/aromatic N) is 1. The first-order valence-electron chi connectivity index (χ1n) is 7.53. The van der Waals surface area contributed by atoms with E-state index in [2.05, 4.69) is 40.6 Å². The molecular weight excluding hydrogens is 268 g/mol. The molecule has 0 amide bonds. The van der Waals surface area contributed by atoms with E-state index in [0.717, 1.165) is 24.9 Å². The van der Waals surface area contributed by atoms with Gasteiger partial charge in [0.2, 0.25) is 0 Å². The summed E-state index contributed by atoms with van der Waals surface area (Å²) in [5, 5.41) is 4.92. The molecule has 0 aromatic heterocycles. The van der Waals surface area contributed by atoms with Crippen molar-refractivity contribution in [1.82, 2.24) is 5.32 Å². The highest BCUT2D eigenvalue weighted by atomic mass is 32.2. The van der Waals surface area contributed by atoms with Gasteiger partial charge >= 0.3 is 0 Å². The van der Waals surface area contributed by atoms with Crippen molar-refractivity contribution in [3.63, 3.8) is 0 Å². The van der Waals surface area contributed by atoms with Gasteiger partial charge in [0.15, 0.2) is 5.17 Å². The van der Waals surface area contributed by atoms with Crippen LogP contribution in [0.2, 0.25) is 0 Å². The number of amidine groups is 1. The van der Waals surface area contributed by atoms with E-state index in [-0.39, 0.29) is 0 Å². The van der Waals surface area contributed by atoms with Gasteiger partial charge in [-0.1, -0.05) is 54.9 Å². The fourth-order valence-electron chi connectivity index (χ4n) is 2.75. The lowest BCUT2D eigenvalue weighted by atomic mass is 10.1. The lowest BCUT2D eigenvalue weighted by Gasteiger charge is -2.12. The summed E-state index contributed by atoms with van der Waals surface area (Å²) in [4.78, 5) is 4.58. The van der Waals surface area contributed by atoms with Crippen LogP contribution in [0.5, 0.6) is 0 Å². The summed E-state index contributed by atoms with van der Waals surface area (Å²) < 4.78 is 5.85. The van der Waals surface area contributed by atoms with E-state index in [1.807, 2.05) is 11.8 Å². The summed E-state index contributed by atoms with van der Waals surface area (Å²) in [5.74, 6) is 0. The van der Waals surface area contributed by atoms with E-state index in [9.17, 15) is 0 Å². The van der Waals surface area contributed by atoms with Crippen molar-refractivity contribution in [3.05, 3.63) is 35.9 Å². The molecule has 2 aliphatic rings. The monoisotopic (exact) mass is 290 g/mol. The molecule has 0 spiro atoms. The second-order valence-electron chi connectivity index (χ2n) is 5.37. The average molecular weight is 290 g/mol. The van der Waals surface area contributed by atoms with E-state index < -0.39 is 0 Å². The van der Waals surface area contributed by atoms with Gasteiger partial charge in [0.25, 0.3) is 0 Å². The fraction of sp³-hybridized carbons (Fsp3) is 0.562. The molecular formula is C16H22N2OS. The number of thioether (sulfide) groups is 1. The third-order valence-corrected chi connectivity index (χ3v) is 5.06. The Morgan fingerprint density at radius 3 is 2.80 bits per heavy atom. The Hall–Kier alpha value is -1.00. The van der Waals surface area contributed by atoms with Crippen molar-refractivity contribution in [2.45, 2.75) is 37.0 Å². The smallest absolute Gasteiger partial charge is 0.157 e. The number of hydrogen-bond acceptors (Lipinski definition) is 4. The molecule has 1 fully saturated rings. The van der Waals surface area contributed by atoms with Crippen molar-refractivity contribution < 1.29 is 4.74 Å².